The van der Waals surface area contributed by atoms with Crippen molar-refractivity contribution in [3.05, 3.63) is 59.7 Å². The Morgan fingerprint density at radius 3 is 2.20 bits per heavy atom. The standard InChI is InChI=1S/C23H26N2O5/c1-15(10-11-21(26)24-13-12-22(27)28)25-23(29)30-14-20-18-8-4-2-6-16(18)17-7-3-5-9-19(17)20/h2-9,15,20H,10-14H2,1H3,(H,24,26)(H,25,29)(H,27,28). The third-order valence-corrected chi connectivity index (χ3v) is 5.17. The number of hydrogen-bond acceptors (Lipinski definition) is 4. The Labute approximate surface area is 175 Å². The van der Waals surface area contributed by atoms with Crippen molar-refractivity contribution in [2.45, 2.75) is 38.1 Å². The van der Waals surface area contributed by atoms with Crippen molar-refractivity contribution in [2.75, 3.05) is 13.2 Å². The minimum Gasteiger partial charge on any atom is -0.481 e. The SMILES string of the molecule is CC(CCC(=O)NCCC(=O)O)NC(=O)OCC1c2ccccc2-c2ccccc21. The zero-order chi connectivity index (χ0) is 21.5. The Balaban J connectivity index is 1.46. The fourth-order valence-corrected chi connectivity index (χ4v) is 3.66. The summed E-state index contributed by atoms with van der Waals surface area (Å²) >= 11 is 0. The predicted octanol–water partition coefficient (Wildman–Crippen LogP) is 3.28. The van der Waals surface area contributed by atoms with Crippen LogP contribution in [-0.2, 0) is 14.3 Å². The third kappa shape index (κ3) is 5.37. The van der Waals surface area contributed by atoms with Gasteiger partial charge in [0.2, 0.25) is 5.91 Å². The molecule has 0 aromatic heterocycles. The lowest BCUT2D eigenvalue weighted by atomic mass is 9.98. The van der Waals surface area contributed by atoms with Crippen LogP contribution in [0.15, 0.2) is 48.5 Å². The predicted molar refractivity (Wildman–Crippen MR) is 112 cm³/mol. The minimum atomic E-state index is -0.958. The molecule has 0 fully saturated rings. The molecule has 158 valence electrons. The first kappa shape index (κ1) is 21.4. The number of amides is 2. The average molecular weight is 410 g/mol. The molecular formula is C23H26N2O5. The van der Waals surface area contributed by atoms with Crippen LogP contribution in [0.3, 0.4) is 0 Å². The molecule has 30 heavy (non-hydrogen) atoms. The summed E-state index contributed by atoms with van der Waals surface area (Å²) in [6, 6.07) is 16.0. The smallest absolute Gasteiger partial charge is 0.407 e. The van der Waals surface area contributed by atoms with Gasteiger partial charge in [-0.3, -0.25) is 9.59 Å². The quantitative estimate of drug-likeness (QED) is 0.588. The van der Waals surface area contributed by atoms with Crippen LogP contribution in [-0.4, -0.2) is 42.3 Å². The summed E-state index contributed by atoms with van der Waals surface area (Å²) in [4.78, 5) is 34.4. The highest BCUT2D eigenvalue weighted by Gasteiger charge is 2.29. The van der Waals surface area contributed by atoms with E-state index < -0.39 is 12.1 Å². The van der Waals surface area contributed by atoms with Crippen molar-refractivity contribution in [3.63, 3.8) is 0 Å². The molecule has 2 amide bonds. The van der Waals surface area contributed by atoms with Crippen LogP contribution in [0, 0.1) is 0 Å². The van der Waals surface area contributed by atoms with Gasteiger partial charge in [0.15, 0.2) is 0 Å². The maximum absolute atomic E-state index is 12.2. The number of fused-ring (bicyclic) bond motifs is 3. The van der Waals surface area contributed by atoms with Gasteiger partial charge in [-0.2, -0.15) is 0 Å². The van der Waals surface area contributed by atoms with E-state index in [1.807, 2.05) is 24.3 Å². The first-order valence-corrected chi connectivity index (χ1v) is 10.1. The second-order valence-electron chi connectivity index (χ2n) is 7.40. The monoisotopic (exact) mass is 410 g/mol. The van der Waals surface area contributed by atoms with E-state index in [4.69, 9.17) is 9.84 Å². The van der Waals surface area contributed by atoms with Crippen molar-refractivity contribution in [2.24, 2.45) is 0 Å². The molecule has 0 saturated carbocycles. The summed E-state index contributed by atoms with van der Waals surface area (Å²) in [7, 11) is 0. The Kier molecular flexibility index (Phi) is 7.06. The second-order valence-corrected chi connectivity index (χ2v) is 7.40. The molecule has 0 saturated heterocycles. The van der Waals surface area contributed by atoms with Crippen LogP contribution < -0.4 is 10.6 Å². The number of carbonyl (C=O) groups is 3. The van der Waals surface area contributed by atoms with Crippen molar-refractivity contribution in [3.8, 4) is 11.1 Å². The number of nitrogens with one attached hydrogen (secondary N) is 2. The third-order valence-electron chi connectivity index (χ3n) is 5.17. The van der Waals surface area contributed by atoms with E-state index in [1.165, 1.54) is 11.1 Å². The van der Waals surface area contributed by atoms with Crippen molar-refractivity contribution >= 4 is 18.0 Å². The highest BCUT2D eigenvalue weighted by Crippen LogP contribution is 2.44. The first-order chi connectivity index (χ1) is 14.5. The topological polar surface area (TPSA) is 105 Å². The van der Waals surface area contributed by atoms with Crippen LogP contribution in [0.4, 0.5) is 4.79 Å². The molecule has 0 aliphatic heterocycles. The summed E-state index contributed by atoms with van der Waals surface area (Å²) in [6.07, 6.45) is 0.00275. The molecule has 2 aromatic rings. The van der Waals surface area contributed by atoms with Gasteiger partial charge in [0.05, 0.1) is 6.42 Å². The zero-order valence-corrected chi connectivity index (χ0v) is 16.9. The highest BCUT2D eigenvalue weighted by atomic mass is 16.5. The molecule has 7 nitrogen and oxygen atoms in total. The number of aliphatic carboxylic acids is 1. The fourth-order valence-electron chi connectivity index (χ4n) is 3.66. The summed E-state index contributed by atoms with van der Waals surface area (Å²) in [5, 5.41) is 13.9. The Bertz CT molecular complexity index is 882. The van der Waals surface area contributed by atoms with E-state index >= 15 is 0 Å². The molecule has 1 aliphatic carbocycles. The van der Waals surface area contributed by atoms with Gasteiger partial charge in [-0.05, 0) is 35.6 Å². The van der Waals surface area contributed by atoms with Gasteiger partial charge in [0.1, 0.15) is 6.61 Å². The Morgan fingerprint density at radius 2 is 1.60 bits per heavy atom. The van der Waals surface area contributed by atoms with Crippen LogP contribution in [0.5, 0.6) is 0 Å². The summed E-state index contributed by atoms with van der Waals surface area (Å²) in [5.74, 6) is -1.20. The molecule has 0 heterocycles. The molecule has 1 atom stereocenters. The molecule has 0 spiro atoms. The van der Waals surface area contributed by atoms with Crippen LogP contribution in [0.2, 0.25) is 0 Å². The lowest BCUT2D eigenvalue weighted by Gasteiger charge is -2.17. The van der Waals surface area contributed by atoms with E-state index in [-0.39, 0.29) is 43.9 Å². The number of ether oxygens (including phenoxy) is 1. The van der Waals surface area contributed by atoms with E-state index in [1.54, 1.807) is 6.92 Å². The molecule has 7 heteroatoms. The van der Waals surface area contributed by atoms with Gasteiger partial charge >= 0.3 is 12.1 Å². The minimum absolute atomic E-state index is 0.00142. The van der Waals surface area contributed by atoms with Crippen molar-refractivity contribution in [1.82, 2.24) is 10.6 Å². The first-order valence-electron chi connectivity index (χ1n) is 10.1. The van der Waals surface area contributed by atoms with Gasteiger partial charge < -0.3 is 20.5 Å². The molecule has 1 aliphatic rings. The molecule has 0 bridgehead atoms. The highest BCUT2D eigenvalue weighted by molar-refractivity contribution is 5.79. The Morgan fingerprint density at radius 1 is 1.00 bits per heavy atom. The lowest BCUT2D eigenvalue weighted by Crippen LogP contribution is -2.35. The summed E-state index contributed by atoms with van der Waals surface area (Å²) < 4.78 is 5.49. The largest absolute Gasteiger partial charge is 0.481 e. The van der Waals surface area contributed by atoms with E-state index in [0.717, 1.165) is 11.1 Å². The normalized spacial score (nSPS) is 13.1. The number of carboxylic acids is 1. The number of benzene rings is 2. The Hall–Kier alpha value is -3.35. The van der Waals surface area contributed by atoms with Crippen LogP contribution >= 0.6 is 0 Å². The zero-order valence-electron chi connectivity index (χ0n) is 16.9. The average Bonchev–Trinajstić information content (AvgIpc) is 3.04. The number of carbonyl (C=O) groups excluding carboxylic acids is 2. The molecule has 2 aromatic carbocycles. The maximum atomic E-state index is 12.2. The molecule has 1 unspecified atom stereocenters. The molecular weight excluding hydrogens is 384 g/mol. The lowest BCUT2D eigenvalue weighted by molar-refractivity contribution is -0.136. The van der Waals surface area contributed by atoms with Crippen LogP contribution in [0.1, 0.15) is 43.2 Å². The maximum Gasteiger partial charge on any atom is 0.407 e. The van der Waals surface area contributed by atoms with Gasteiger partial charge in [0, 0.05) is 24.9 Å². The summed E-state index contributed by atoms with van der Waals surface area (Å²) in [6.45, 7) is 2.14. The van der Waals surface area contributed by atoms with E-state index in [0.29, 0.717) is 6.42 Å². The van der Waals surface area contributed by atoms with Gasteiger partial charge in [0.25, 0.3) is 0 Å². The molecule has 0 radical (unpaired) electrons. The number of hydrogen-bond donors (Lipinski definition) is 3. The van der Waals surface area contributed by atoms with E-state index in [2.05, 4.69) is 34.9 Å². The van der Waals surface area contributed by atoms with Gasteiger partial charge in [-0.1, -0.05) is 48.5 Å². The number of rotatable bonds is 9. The second kappa shape index (κ2) is 9.91. The number of carboxylic acid groups (broad SMARTS) is 1. The molecule has 3 N–H and O–H groups in total. The van der Waals surface area contributed by atoms with Crippen LogP contribution in [0.25, 0.3) is 11.1 Å². The van der Waals surface area contributed by atoms with Gasteiger partial charge in [-0.15, -0.1) is 0 Å². The fraction of sp³-hybridized carbons (Fsp3) is 0.348. The van der Waals surface area contributed by atoms with E-state index in [9.17, 15) is 14.4 Å². The van der Waals surface area contributed by atoms with Crippen molar-refractivity contribution < 1.29 is 24.2 Å². The van der Waals surface area contributed by atoms with Gasteiger partial charge in [-0.25, -0.2) is 4.79 Å². The molecule has 3 rings (SSSR count). The summed E-state index contributed by atoms with van der Waals surface area (Å²) in [5.41, 5.74) is 4.64. The van der Waals surface area contributed by atoms with Crippen molar-refractivity contribution in [1.29, 1.82) is 0 Å². The number of alkyl carbamates (subject to hydrolysis) is 1.